The highest BCUT2D eigenvalue weighted by Gasteiger charge is 2.27. The maximum atomic E-state index is 13.2. The molecular formula is C26H25ClFN3O2. The molecule has 1 aliphatic carbocycles. The van der Waals surface area contributed by atoms with Crippen molar-refractivity contribution in [2.24, 2.45) is 5.92 Å². The third kappa shape index (κ3) is 5.96. The SMILES string of the molecule is CC(=O)N(CC1CC1)c1ccc(-c2ccc(C(=O)NCCc3cccc(F)c3)cn2)cc1Cl. The standard InChI is InChI=1S/C26H25ClFN3O2/c1-17(32)31(16-19-5-6-19)25-10-8-20(14-23(25)27)24-9-7-21(15-30-24)26(33)29-12-11-18-3-2-4-22(28)13-18/h2-4,7-10,13-15,19H,5-6,11-12,16H2,1H3,(H,29,33). The van der Waals surface area contributed by atoms with E-state index in [0.717, 1.165) is 24.0 Å². The van der Waals surface area contributed by atoms with Gasteiger partial charge in [0.2, 0.25) is 5.91 Å². The topological polar surface area (TPSA) is 62.3 Å². The Hall–Kier alpha value is -3.25. The van der Waals surface area contributed by atoms with Crippen molar-refractivity contribution in [2.45, 2.75) is 26.2 Å². The molecule has 0 spiro atoms. The minimum atomic E-state index is -0.288. The zero-order valence-electron chi connectivity index (χ0n) is 18.4. The Kier molecular flexibility index (Phi) is 7.04. The van der Waals surface area contributed by atoms with Crippen molar-refractivity contribution in [3.8, 4) is 11.3 Å². The van der Waals surface area contributed by atoms with E-state index in [9.17, 15) is 14.0 Å². The number of nitrogens with zero attached hydrogens (tertiary/aromatic N) is 2. The van der Waals surface area contributed by atoms with Crippen molar-refractivity contribution >= 4 is 29.1 Å². The second kappa shape index (κ2) is 10.1. The maximum Gasteiger partial charge on any atom is 0.252 e. The van der Waals surface area contributed by atoms with Gasteiger partial charge in [0.05, 0.1) is 22.0 Å². The van der Waals surface area contributed by atoms with E-state index in [1.54, 1.807) is 36.1 Å². The molecule has 5 nitrogen and oxygen atoms in total. The summed E-state index contributed by atoms with van der Waals surface area (Å²) in [4.78, 5) is 30.6. The van der Waals surface area contributed by atoms with Crippen LogP contribution in [0.25, 0.3) is 11.3 Å². The highest BCUT2D eigenvalue weighted by molar-refractivity contribution is 6.34. The van der Waals surface area contributed by atoms with Crippen LogP contribution in [0.5, 0.6) is 0 Å². The zero-order chi connectivity index (χ0) is 23.4. The first-order valence-electron chi connectivity index (χ1n) is 11.0. The van der Waals surface area contributed by atoms with Crippen molar-refractivity contribution in [3.63, 3.8) is 0 Å². The first-order chi connectivity index (χ1) is 15.9. The van der Waals surface area contributed by atoms with Crippen LogP contribution in [0.1, 0.15) is 35.7 Å². The van der Waals surface area contributed by atoms with Gasteiger partial charge in [0.25, 0.3) is 5.91 Å². The summed E-state index contributed by atoms with van der Waals surface area (Å²) >= 11 is 6.51. The lowest BCUT2D eigenvalue weighted by Gasteiger charge is -2.22. The average molecular weight is 466 g/mol. The van der Waals surface area contributed by atoms with Crippen LogP contribution in [-0.2, 0) is 11.2 Å². The van der Waals surface area contributed by atoms with E-state index in [2.05, 4.69) is 10.3 Å². The molecule has 2 amide bonds. The van der Waals surface area contributed by atoms with E-state index in [1.165, 1.54) is 18.3 Å². The number of aromatic nitrogens is 1. The molecule has 1 fully saturated rings. The normalized spacial score (nSPS) is 12.9. The fraction of sp³-hybridized carbons (Fsp3) is 0.269. The molecule has 1 heterocycles. The monoisotopic (exact) mass is 465 g/mol. The number of carbonyl (C=O) groups excluding carboxylic acids is 2. The lowest BCUT2D eigenvalue weighted by molar-refractivity contribution is -0.116. The summed E-state index contributed by atoms with van der Waals surface area (Å²) in [6.45, 7) is 2.64. The zero-order valence-corrected chi connectivity index (χ0v) is 19.1. The Morgan fingerprint density at radius 2 is 1.97 bits per heavy atom. The first-order valence-corrected chi connectivity index (χ1v) is 11.4. The van der Waals surface area contributed by atoms with Gasteiger partial charge in [0, 0.05) is 31.8 Å². The number of hydrogen-bond acceptors (Lipinski definition) is 3. The number of amides is 2. The van der Waals surface area contributed by atoms with Gasteiger partial charge >= 0.3 is 0 Å². The number of benzene rings is 2. The minimum Gasteiger partial charge on any atom is -0.352 e. The van der Waals surface area contributed by atoms with Gasteiger partial charge in [-0.3, -0.25) is 14.6 Å². The van der Waals surface area contributed by atoms with E-state index in [0.29, 0.717) is 47.4 Å². The summed E-state index contributed by atoms with van der Waals surface area (Å²) in [6, 6.07) is 15.3. The number of rotatable bonds is 8. The predicted octanol–water partition coefficient (Wildman–Crippen LogP) is 5.28. The second-order valence-electron chi connectivity index (χ2n) is 8.31. The molecule has 3 aromatic rings. The number of carbonyl (C=O) groups is 2. The summed E-state index contributed by atoms with van der Waals surface area (Å²) in [5.41, 5.74) is 3.44. The van der Waals surface area contributed by atoms with Gasteiger partial charge in [-0.05, 0) is 67.1 Å². The lowest BCUT2D eigenvalue weighted by atomic mass is 10.1. The molecule has 2 aromatic carbocycles. The van der Waals surface area contributed by atoms with Gasteiger partial charge in [-0.1, -0.05) is 29.8 Å². The smallest absolute Gasteiger partial charge is 0.252 e. The Bertz CT molecular complexity index is 1160. The molecule has 0 unspecified atom stereocenters. The molecule has 4 rings (SSSR count). The van der Waals surface area contributed by atoms with Gasteiger partial charge in [-0.15, -0.1) is 0 Å². The summed E-state index contributed by atoms with van der Waals surface area (Å²) < 4.78 is 13.2. The Morgan fingerprint density at radius 1 is 1.15 bits per heavy atom. The molecule has 1 aliphatic rings. The number of anilines is 1. The fourth-order valence-electron chi connectivity index (χ4n) is 3.65. The molecular weight excluding hydrogens is 441 g/mol. The summed E-state index contributed by atoms with van der Waals surface area (Å²) in [5, 5.41) is 3.32. The highest BCUT2D eigenvalue weighted by Crippen LogP contribution is 2.35. The second-order valence-corrected chi connectivity index (χ2v) is 8.71. The first kappa shape index (κ1) is 22.9. The maximum absolute atomic E-state index is 13.2. The molecule has 7 heteroatoms. The third-order valence-electron chi connectivity index (χ3n) is 5.67. The van der Waals surface area contributed by atoms with Crippen LogP contribution in [-0.4, -0.2) is 29.9 Å². The number of halogens is 2. The molecule has 170 valence electrons. The van der Waals surface area contributed by atoms with Crippen LogP contribution in [0, 0.1) is 11.7 Å². The van der Waals surface area contributed by atoms with Gasteiger partial charge in [-0.25, -0.2) is 4.39 Å². The van der Waals surface area contributed by atoms with E-state index < -0.39 is 0 Å². The van der Waals surface area contributed by atoms with Gasteiger partial charge < -0.3 is 10.2 Å². The number of hydrogen-bond donors (Lipinski definition) is 1. The lowest BCUT2D eigenvalue weighted by Crippen LogP contribution is -2.30. The van der Waals surface area contributed by atoms with Crippen LogP contribution < -0.4 is 10.2 Å². The summed E-state index contributed by atoms with van der Waals surface area (Å²) in [5.74, 6) is 0.000903. The Morgan fingerprint density at radius 3 is 2.61 bits per heavy atom. The molecule has 0 aliphatic heterocycles. The molecule has 0 atom stereocenters. The predicted molar refractivity (Wildman–Crippen MR) is 128 cm³/mol. The average Bonchev–Trinajstić information content (AvgIpc) is 3.62. The van der Waals surface area contributed by atoms with Gasteiger partial charge in [0.15, 0.2) is 0 Å². The van der Waals surface area contributed by atoms with Crippen LogP contribution in [0.3, 0.4) is 0 Å². The van der Waals surface area contributed by atoms with Crippen LogP contribution >= 0.6 is 11.6 Å². The van der Waals surface area contributed by atoms with Crippen molar-refractivity contribution in [2.75, 3.05) is 18.0 Å². The summed E-state index contributed by atoms with van der Waals surface area (Å²) in [7, 11) is 0. The van der Waals surface area contributed by atoms with Crippen molar-refractivity contribution in [1.29, 1.82) is 0 Å². The molecule has 1 aromatic heterocycles. The molecule has 0 radical (unpaired) electrons. The Balaban J connectivity index is 1.39. The van der Waals surface area contributed by atoms with Gasteiger partial charge in [0.1, 0.15) is 5.82 Å². The molecule has 0 saturated heterocycles. The van der Waals surface area contributed by atoms with Crippen molar-refractivity contribution < 1.29 is 14.0 Å². The summed E-state index contributed by atoms with van der Waals surface area (Å²) in [6.07, 6.45) is 4.35. The van der Waals surface area contributed by atoms with E-state index in [1.807, 2.05) is 18.2 Å². The van der Waals surface area contributed by atoms with E-state index in [-0.39, 0.29) is 17.6 Å². The van der Waals surface area contributed by atoms with Crippen molar-refractivity contribution in [3.05, 3.63) is 82.8 Å². The van der Waals surface area contributed by atoms with Crippen molar-refractivity contribution in [1.82, 2.24) is 10.3 Å². The quantitative estimate of drug-likeness (QED) is 0.492. The number of pyridine rings is 1. The minimum absolute atomic E-state index is 0.0255. The largest absolute Gasteiger partial charge is 0.352 e. The van der Waals surface area contributed by atoms with Crippen LogP contribution in [0.4, 0.5) is 10.1 Å². The highest BCUT2D eigenvalue weighted by atomic mass is 35.5. The number of nitrogens with one attached hydrogen (secondary N) is 1. The molecule has 33 heavy (non-hydrogen) atoms. The Labute approximate surface area is 197 Å². The van der Waals surface area contributed by atoms with E-state index in [4.69, 9.17) is 11.6 Å². The van der Waals surface area contributed by atoms with Crippen LogP contribution in [0.15, 0.2) is 60.8 Å². The fourth-order valence-corrected chi connectivity index (χ4v) is 3.94. The molecule has 0 bridgehead atoms. The molecule has 1 N–H and O–H groups in total. The van der Waals surface area contributed by atoms with E-state index >= 15 is 0 Å². The van der Waals surface area contributed by atoms with Gasteiger partial charge in [-0.2, -0.15) is 0 Å². The van der Waals surface area contributed by atoms with Crippen LogP contribution in [0.2, 0.25) is 5.02 Å². The third-order valence-corrected chi connectivity index (χ3v) is 5.97. The molecule has 1 saturated carbocycles.